The van der Waals surface area contributed by atoms with E-state index in [0.29, 0.717) is 29.5 Å². The summed E-state index contributed by atoms with van der Waals surface area (Å²) in [5.74, 6) is -0.398. The number of amides is 1. The lowest BCUT2D eigenvalue weighted by Gasteiger charge is -2.12. The van der Waals surface area contributed by atoms with Crippen LogP contribution >= 0.6 is 0 Å². The van der Waals surface area contributed by atoms with Crippen LogP contribution in [0.4, 0.5) is 11.4 Å². The second kappa shape index (κ2) is 10.3. The van der Waals surface area contributed by atoms with Gasteiger partial charge in [0.2, 0.25) is 0 Å². The molecule has 31 heavy (non-hydrogen) atoms. The summed E-state index contributed by atoms with van der Waals surface area (Å²) in [5.41, 5.74) is 0.342. The van der Waals surface area contributed by atoms with Gasteiger partial charge in [-0.15, -0.1) is 0 Å². The summed E-state index contributed by atoms with van der Waals surface area (Å²) in [5, 5.41) is 22.1. The zero-order valence-electron chi connectivity index (χ0n) is 17.3. The molecule has 0 aliphatic carbocycles. The molecule has 0 fully saturated rings. The molecular weight excluding hydrogens is 398 g/mol. The Labute approximate surface area is 179 Å². The Morgan fingerprint density at radius 1 is 1.06 bits per heavy atom. The lowest BCUT2D eigenvalue weighted by atomic mass is 10.1. The molecule has 9 heteroatoms. The van der Waals surface area contributed by atoms with Crippen LogP contribution in [0.1, 0.15) is 36.7 Å². The Bertz CT molecular complexity index is 1140. The maximum absolute atomic E-state index is 12.8. The van der Waals surface area contributed by atoms with E-state index in [9.17, 15) is 19.7 Å². The third-order valence-electron chi connectivity index (χ3n) is 4.88. The van der Waals surface area contributed by atoms with Gasteiger partial charge in [0, 0.05) is 31.1 Å². The number of aryl methyl sites for hydroxylation is 1. The van der Waals surface area contributed by atoms with Crippen LogP contribution in [0.3, 0.4) is 0 Å². The first-order valence-corrected chi connectivity index (χ1v) is 10.3. The maximum atomic E-state index is 12.8. The smallest absolute Gasteiger partial charge is 0.292 e. The lowest BCUT2D eigenvalue weighted by molar-refractivity contribution is -0.384. The molecule has 0 spiro atoms. The predicted molar refractivity (Wildman–Crippen MR) is 119 cm³/mol. The van der Waals surface area contributed by atoms with Crippen molar-refractivity contribution in [3.8, 4) is 0 Å². The molecule has 2 N–H and O–H groups in total. The number of nitro benzene ring substituents is 1. The summed E-state index contributed by atoms with van der Waals surface area (Å²) in [4.78, 5) is 36.1. The van der Waals surface area contributed by atoms with Gasteiger partial charge in [0.25, 0.3) is 17.2 Å². The van der Waals surface area contributed by atoms with Gasteiger partial charge in [-0.1, -0.05) is 50.1 Å². The average Bonchev–Trinajstić information content (AvgIpc) is 2.78. The third kappa shape index (κ3) is 5.25. The number of anilines is 1. The van der Waals surface area contributed by atoms with Crippen molar-refractivity contribution in [3.05, 3.63) is 74.7 Å². The number of benzene rings is 2. The highest BCUT2D eigenvalue weighted by Crippen LogP contribution is 2.22. The van der Waals surface area contributed by atoms with Gasteiger partial charge >= 0.3 is 0 Å². The van der Waals surface area contributed by atoms with E-state index < -0.39 is 10.8 Å². The van der Waals surface area contributed by atoms with Crippen molar-refractivity contribution < 1.29 is 9.72 Å². The van der Waals surface area contributed by atoms with Gasteiger partial charge in [0.15, 0.2) is 5.69 Å². The molecule has 162 valence electrons. The van der Waals surface area contributed by atoms with Crippen LogP contribution in [0.25, 0.3) is 10.8 Å². The number of unbranched alkanes of at least 4 members (excludes halogenated alkanes) is 2. The number of hydrogen-bond acceptors (Lipinski definition) is 6. The highest BCUT2D eigenvalue weighted by molar-refractivity contribution is 6.04. The molecule has 0 radical (unpaired) electrons. The van der Waals surface area contributed by atoms with Crippen LogP contribution in [-0.2, 0) is 6.54 Å². The van der Waals surface area contributed by atoms with Crippen LogP contribution in [0, 0.1) is 10.1 Å². The number of hydrogen-bond donors (Lipinski definition) is 2. The Hall–Kier alpha value is -3.75. The minimum absolute atomic E-state index is 0.0272. The molecule has 3 aromatic rings. The summed E-state index contributed by atoms with van der Waals surface area (Å²) in [7, 11) is 0. The second-order valence-corrected chi connectivity index (χ2v) is 7.09. The van der Waals surface area contributed by atoms with Crippen LogP contribution in [0.15, 0.2) is 53.3 Å². The summed E-state index contributed by atoms with van der Waals surface area (Å²) < 4.78 is 1.36. The van der Waals surface area contributed by atoms with E-state index in [1.54, 1.807) is 42.5 Å². The Balaban J connectivity index is 1.72. The van der Waals surface area contributed by atoms with Crippen LogP contribution in [0.5, 0.6) is 0 Å². The van der Waals surface area contributed by atoms with Gasteiger partial charge in [-0.2, -0.15) is 5.10 Å². The maximum Gasteiger partial charge on any atom is 0.292 e. The van der Waals surface area contributed by atoms with Gasteiger partial charge in [0.05, 0.1) is 10.3 Å². The fourth-order valence-corrected chi connectivity index (χ4v) is 3.31. The number of fused-ring (bicyclic) bond motifs is 1. The van der Waals surface area contributed by atoms with Crippen molar-refractivity contribution >= 4 is 28.1 Å². The average molecular weight is 423 g/mol. The van der Waals surface area contributed by atoms with Crippen LogP contribution < -0.4 is 16.2 Å². The van der Waals surface area contributed by atoms with Crippen molar-refractivity contribution in [2.24, 2.45) is 0 Å². The van der Waals surface area contributed by atoms with E-state index in [4.69, 9.17) is 0 Å². The number of nitrogens with one attached hydrogen (secondary N) is 2. The fourth-order valence-electron chi connectivity index (χ4n) is 3.31. The topological polar surface area (TPSA) is 119 Å². The minimum atomic E-state index is -0.460. The standard InChI is InChI=1S/C22H25N5O4/c1-2-3-8-15-26-22(29)17-10-5-4-9-16(17)20(25-26)21(28)24-14-13-23-18-11-6-7-12-19(18)27(30)31/h4-7,9-12,23H,2-3,8,13-15H2,1H3,(H,24,28). The summed E-state index contributed by atoms with van der Waals surface area (Å²) in [6, 6.07) is 13.3. The first-order valence-electron chi connectivity index (χ1n) is 10.3. The second-order valence-electron chi connectivity index (χ2n) is 7.09. The normalized spacial score (nSPS) is 10.7. The number of nitrogens with zero attached hydrogens (tertiary/aromatic N) is 3. The summed E-state index contributed by atoms with van der Waals surface area (Å²) in [6.07, 6.45) is 2.80. The van der Waals surface area contributed by atoms with Gasteiger partial charge in [-0.25, -0.2) is 4.68 Å². The van der Waals surface area contributed by atoms with Crippen molar-refractivity contribution in [1.29, 1.82) is 0 Å². The van der Waals surface area contributed by atoms with Gasteiger partial charge in [0.1, 0.15) is 5.69 Å². The zero-order chi connectivity index (χ0) is 22.2. The SMILES string of the molecule is CCCCCn1nc(C(=O)NCCNc2ccccc2[N+](=O)[O-])c2ccccc2c1=O. The van der Waals surface area contributed by atoms with E-state index in [2.05, 4.69) is 22.7 Å². The monoisotopic (exact) mass is 423 g/mol. The molecule has 1 aromatic heterocycles. The lowest BCUT2D eigenvalue weighted by Crippen LogP contribution is -2.33. The molecule has 2 aromatic carbocycles. The summed E-state index contributed by atoms with van der Waals surface area (Å²) >= 11 is 0. The Kier molecular flexibility index (Phi) is 7.31. The Morgan fingerprint density at radius 3 is 2.52 bits per heavy atom. The zero-order valence-corrected chi connectivity index (χ0v) is 17.3. The molecular formula is C22H25N5O4. The Morgan fingerprint density at radius 2 is 1.77 bits per heavy atom. The minimum Gasteiger partial charge on any atom is -0.378 e. The van der Waals surface area contributed by atoms with Crippen molar-refractivity contribution in [1.82, 2.24) is 15.1 Å². The van der Waals surface area contributed by atoms with Crippen molar-refractivity contribution in [3.63, 3.8) is 0 Å². The molecule has 0 unspecified atom stereocenters. The number of rotatable bonds is 10. The van der Waals surface area contributed by atoms with E-state index >= 15 is 0 Å². The molecule has 1 heterocycles. The number of carbonyl (C=O) groups is 1. The van der Waals surface area contributed by atoms with E-state index in [-0.39, 0.29) is 23.5 Å². The highest BCUT2D eigenvalue weighted by Gasteiger charge is 2.16. The number of nitro groups is 1. The predicted octanol–water partition coefficient (Wildman–Crippen LogP) is 3.34. The quantitative estimate of drug-likeness (QED) is 0.293. The van der Waals surface area contributed by atoms with Gasteiger partial charge in [-0.3, -0.25) is 19.7 Å². The molecule has 0 aliphatic heterocycles. The molecule has 0 aliphatic rings. The number of para-hydroxylation sites is 2. The molecule has 1 amide bonds. The molecule has 3 rings (SSSR count). The number of aromatic nitrogens is 2. The van der Waals surface area contributed by atoms with E-state index in [0.717, 1.165) is 19.3 Å². The van der Waals surface area contributed by atoms with Crippen LogP contribution in [-0.4, -0.2) is 33.7 Å². The van der Waals surface area contributed by atoms with Crippen molar-refractivity contribution in [2.45, 2.75) is 32.7 Å². The van der Waals surface area contributed by atoms with Crippen molar-refractivity contribution in [2.75, 3.05) is 18.4 Å². The van der Waals surface area contributed by atoms with E-state index in [1.807, 2.05) is 0 Å². The number of carbonyl (C=O) groups excluding carboxylic acids is 1. The largest absolute Gasteiger partial charge is 0.378 e. The van der Waals surface area contributed by atoms with Crippen LogP contribution in [0.2, 0.25) is 0 Å². The summed E-state index contributed by atoms with van der Waals surface area (Å²) in [6.45, 7) is 3.06. The molecule has 0 bridgehead atoms. The molecule has 0 saturated heterocycles. The van der Waals surface area contributed by atoms with Gasteiger partial charge in [-0.05, 0) is 18.6 Å². The van der Waals surface area contributed by atoms with Gasteiger partial charge < -0.3 is 10.6 Å². The molecule has 0 atom stereocenters. The molecule has 0 saturated carbocycles. The highest BCUT2D eigenvalue weighted by atomic mass is 16.6. The van der Waals surface area contributed by atoms with E-state index in [1.165, 1.54) is 10.7 Å². The fraction of sp³-hybridized carbons (Fsp3) is 0.318. The third-order valence-corrected chi connectivity index (χ3v) is 4.88. The first kappa shape index (κ1) is 21.9. The molecule has 9 nitrogen and oxygen atoms in total. The first-order chi connectivity index (χ1) is 15.0.